The Morgan fingerprint density at radius 3 is 1.96 bits per heavy atom. The fourth-order valence-electron chi connectivity index (χ4n) is 6.70. The molecule has 274 valence electrons. The lowest BCUT2D eigenvalue weighted by atomic mass is 9.73. The van der Waals surface area contributed by atoms with E-state index in [-0.39, 0.29) is 30.9 Å². The third kappa shape index (κ3) is 7.69. The number of benzene rings is 4. The van der Waals surface area contributed by atoms with E-state index < -0.39 is 41.7 Å². The molecule has 0 atom stereocenters. The van der Waals surface area contributed by atoms with E-state index in [0.717, 1.165) is 23.3 Å². The van der Waals surface area contributed by atoms with Gasteiger partial charge in [0.2, 0.25) is 11.8 Å². The largest absolute Gasteiger partial charge is 0.476 e. The number of carbonyl (C=O) groups is 2. The minimum atomic E-state index is -4.59. The molecule has 6 rings (SSSR count). The zero-order valence-electron chi connectivity index (χ0n) is 28.6. The van der Waals surface area contributed by atoms with Gasteiger partial charge in [-0.05, 0) is 70.5 Å². The quantitative estimate of drug-likeness (QED) is 0.105. The van der Waals surface area contributed by atoms with Crippen molar-refractivity contribution >= 4 is 23.2 Å². The van der Waals surface area contributed by atoms with Gasteiger partial charge in [0, 0.05) is 19.7 Å². The molecule has 2 amide bonds. The third-order valence-electron chi connectivity index (χ3n) is 9.10. The van der Waals surface area contributed by atoms with Gasteiger partial charge in [0.05, 0.1) is 24.1 Å². The summed E-state index contributed by atoms with van der Waals surface area (Å²) in [7, 11) is 3.50. The zero-order chi connectivity index (χ0) is 38.0. The van der Waals surface area contributed by atoms with Crippen LogP contribution in [0.4, 0.5) is 37.7 Å². The smallest absolute Gasteiger partial charge is 0.416 e. The number of ether oxygens (including phenoxy) is 1. The second-order valence-corrected chi connectivity index (χ2v) is 12.8. The minimum Gasteiger partial charge on any atom is -0.476 e. The van der Waals surface area contributed by atoms with Gasteiger partial charge in [0.15, 0.2) is 0 Å². The Balaban J connectivity index is 1.19. The van der Waals surface area contributed by atoms with Crippen LogP contribution in [0.1, 0.15) is 39.9 Å². The molecule has 1 aromatic heterocycles. The Morgan fingerprint density at radius 1 is 0.792 bits per heavy atom. The number of nitrogens with one attached hydrogen (secondary N) is 2. The van der Waals surface area contributed by atoms with Crippen molar-refractivity contribution in [1.82, 2.24) is 10.3 Å². The number of hydrogen-bond donors (Lipinski definition) is 2. The van der Waals surface area contributed by atoms with Crippen LogP contribution in [0, 0.1) is 0 Å². The molecule has 7 nitrogen and oxygen atoms in total. The highest BCUT2D eigenvalue weighted by Crippen LogP contribution is 2.51. The van der Waals surface area contributed by atoms with Crippen LogP contribution >= 0.6 is 0 Å². The number of rotatable bonds is 11. The Morgan fingerprint density at radius 2 is 1.38 bits per heavy atom. The predicted molar refractivity (Wildman–Crippen MR) is 190 cm³/mol. The van der Waals surface area contributed by atoms with Crippen molar-refractivity contribution in [3.63, 3.8) is 0 Å². The van der Waals surface area contributed by atoms with E-state index >= 15 is 0 Å². The Bertz CT molecular complexity index is 2090. The van der Waals surface area contributed by atoms with Gasteiger partial charge in [-0.25, -0.2) is 4.98 Å². The van der Waals surface area contributed by atoms with Crippen LogP contribution in [0.25, 0.3) is 22.3 Å². The van der Waals surface area contributed by atoms with E-state index in [1.165, 1.54) is 18.3 Å². The molecule has 0 spiro atoms. The molecule has 4 aromatic carbocycles. The highest BCUT2D eigenvalue weighted by Gasteiger charge is 2.49. The fraction of sp³-hybridized carbons (Fsp3) is 0.225. The molecule has 1 aliphatic rings. The number of pyridine rings is 1. The monoisotopic (exact) mass is 732 g/mol. The number of fused-ring (bicyclic) bond motifs is 3. The molecule has 0 radical (unpaired) electrons. The van der Waals surface area contributed by atoms with Gasteiger partial charge >= 0.3 is 12.4 Å². The number of aromatic nitrogens is 1. The Kier molecular flexibility index (Phi) is 10.2. The minimum absolute atomic E-state index is 0.0681. The van der Waals surface area contributed by atoms with Gasteiger partial charge in [0.25, 0.3) is 5.91 Å². The topological polar surface area (TPSA) is 83.6 Å². The van der Waals surface area contributed by atoms with Gasteiger partial charge in [0.1, 0.15) is 17.6 Å². The van der Waals surface area contributed by atoms with Crippen molar-refractivity contribution in [2.24, 2.45) is 0 Å². The molecule has 1 aliphatic carbocycles. The van der Waals surface area contributed by atoms with E-state index in [0.29, 0.717) is 33.6 Å². The van der Waals surface area contributed by atoms with Crippen LogP contribution in [0.3, 0.4) is 0 Å². The van der Waals surface area contributed by atoms with Gasteiger partial charge in [-0.1, -0.05) is 78.9 Å². The molecule has 13 heteroatoms. The number of hydrogen-bond acceptors (Lipinski definition) is 5. The van der Waals surface area contributed by atoms with Crippen LogP contribution in [-0.2, 0) is 16.4 Å². The van der Waals surface area contributed by atoms with Gasteiger partial charge < -0.3 is 20.3 Å². The molecule has 53 heavy (non-hydrogen) atoms. The second-order valence-electron chi connectivity index (χ2n) is 12.8. The molecule has 0 aliphatic heterocycles. The van der Waals surface area contributed by atoms with E-state index in [4.69, 9.17) is 4.74 Å². The molecule has 0 saturated carbocycles. The van der Waals surface area contributed by atoms with E-state index in [1.54, 1.807) is 73.6 Å². The van der Waals surface area contributed by atoms with Crippen molar-refractivity contribution in [3.05, 3.63) is 132 Å². The summed E-state index contributed by atoms with van der Waals surface area (Å²) >= 11 is 0. The first-order chi connectivity index (χ1) is 25.2. The lowest BCUT2D eigenvalue weighted by molar-refractivity contribution is -0.141. The average molecular weight is 733 g/mol. The van der Waals surface area contributed by atoms with E-state index in [1.807, 2.05) is 24.3 Å². The second kappa shape index (κ2) is 14.6. The normalized spacial score (nSPS) is 13.1. The first-order valence-electron chi connectivity index (χ1n) is 16.6. The molecule has 0 fully saturated rings. The highest BCUT2D eigenvalue weighted by atomic mass is 19.4. The van der Waals surface area contributed by atoms with Crippen LogP contribution < -0.4 is 20.3 Å². The van der Waals surface area contributed by atoms with Gasteiger partial charge in [-0.3, -0.25) is 9.59 Å². The van der Waals surface area contributed by atoms with Crippen molar-refractivity contribution in [2.45, 2.75) is 30.6 Å². The SMILES string of the molecule is CN(C)c1cc(NC(=O)c2ccccc2-c2ccc(C(F)(F)F)cc2)cnc1OCCCC1(C(=O)NCC(F)(F)F)c2ccccc2-c2ccccc21. The number of nitrogens with zero attached hydrogens (tertiary/aromatic N) is 2. The molecular formula is C40H34F6N4O3. The van der Waals surface area contributed by atoms with Gasteiger partial charge in [-0.15, -0.1) is 0 Å². The molecule has 1 heterocycles. The van der Waals surface area contributed by atoms with Crippen molar-refractivity contribution < 1.29 is 40.7 Å². The highest BCUT2D eigenvalue weighted by molar-refractivity contribution is 6.09. The maximum absolute atomic E-state index is 13.8. The molecule has 0 unspecified atom stereocenters. The molecule has 0 bridgehead atoms. The number of amides is 2. The Labute approximate surface area is 301 Å². The van der Waals surface area contributed by atoms with Crippen molar-refractivity contribution in [1.29, 1.82) is 0 Å². The number of alkyl halides is 6. The lowest BCUT2D eigenvalue weighted by Gasteiger charge is -2.31. The summed E-state index contributed by atoms with van der Waals surface area (Å²) in [6.45, 7) is -1.40. The van der Waals surface area contributed by atoms with Crippen molar-refractivity contribution in [3.8, 4) is 28.1 Å². The summed E-state index contributed by atoms with van der Waals surface area (Å²) in [6, 6.07) is 27.1. The molecule has 0 saturated heterocycles. The summed E-state index contributed by atoms with van der Waals surface area (Å²) in [5, 5.41) is 4.93. The van der Waals surface area contributed by atoms with E-state index in [2.05, 4.69) is 15.6 Å². The molecule has 5 aromatic rings. The number of halogens is 6. The standard InChI is InChI=1S/C40H34F6N4O3/c1-50(2)34-22-27(49-35(51)31-13-4-3-10-28(31)25-16-18-26(19-17-25)40(44,45)46)23-47-36(34)53-21-9-20-38(37(52)48-24-39(41,42)43)32-14-7-5-11-29(32)30-12-6-8-15-33(30)38/h3-8,10-19,22-23H,9,20-21,24H2,1-2H3,(H,48,52)(H,49,51). The van der Waals surface area contributed by atoms with Gasteiger partial charge in [-0.2, -0.15) is 26.3 Å². The number of anilines is 2. The van der Waals surface area contributed by atoms with Crippen molar-refractivity contribution in [2.75, 3.05) is 37.5 Å². The molecule has 2 N–H and O–H groups in total. The summed E-state index contributed by atoms with van der Waals surface area (Å²) in [5.41, 5.74) is 2.56. The molecular weight excluding hydrogens is 698 g/mol. The third-order valence-corrected chi connectivity index (χ3v) is 9.10. The first kappa shape index (κ1) is 36.9. The summed E-state index contributed by atoms with van der Waals surface area (Å²) < 4.78 is 85.1. The van der Waals surface area contributed by atoms with Crippen LogP contribution in [0.15, 0.2) is 109 Å². The zero-order valence-corrected chi connectivity index (χ0v) is 28.6. The van der Waals surface area contributed by atoms with Crippen LogP contribution in [0.5, 0.6) is 5.88 Å². The summed E-state index contributed by atoms with van der Waals surface area (Å²) in [4.78, 5) is 33.4. The Hall–Kier alpha value is -5.85. The maximum atomic E-state index is 13.8. The lowest BCUT2D eigenvalue weighted by Crippen LogP contribution is -2.47. The van der Waals surface area contributed by atoms with Crippen LogP contribution in [-0.4, -0.2) is 50.2 Å². The summed E-state index contributed by atoms with van der Waals surface area (Å²) in [6.07, 6.45) is -7.26. The first-order valence-corrected chi connectivity index (χ1v) is 16.6. The average Bonchev–Trinajstić information content (AvgIpc) is 3.42. The van der Waals surface area contributed by atoms with E-state index in [9.17, 15) is 35.9 Å². The summed E-state index contributed by atoms with van der Waals surface area (Å²) in [5.74, 6) is -1.04. The number of carbonyl (C=O) groups excluding carboxylic acids is 2. The fourth-order valence-corrected chi connectivity index (χ4v) is 6.70. The maximum Gasteiger partial charge on any atom is 0.416 e. The predicted octanol–water partition coefficient (Wildman–Crippen LogP) is 8.89. The van der Waals surface area contributed by atoms with Crippen LogP contribution in [0.2, 0.25) is 0 Å².